The molecule has 0 heterocycles. The molecule has 0 unspecified atom stereocenters. The molecule has 0 spiro atoms. The molecule has 1 N–H and O–H groups in total. The van der Waals surface area contributed by atoms with Gasteiger partial charge in [0, 0.05) is 17.8 Å². The molecule has 0 saturated heterocycles. The summed E-state index contributed by atoms with van der Waals surface area (Å²) in [5.41, 5.74) is 3.00. The van der Waals surface area contributed by atoms with Crippen molar-refractivity contribution in [3.05, 3.63) is 83.4 Å². The number of carbonyl (C=O) groups is 1. The van der Waals surface area contributed by atoms with E-state index in [4.69, 9.17) is 9.47 Å². The van der Waals surface area contributed by atoms with E-state index < -0.39 is 5.97 Å². The van der Waals surface area contributed by atoms with Crippen LogP contribution in [-0.2, 0) is 6.42 Å². The van der Waals surface area contributed by atoms with Crippen LogP contribution in [0.1, 0.15) is 67.4 Å². The van der Waals surface area contributed by atoms with Crippen LogP contribution < -0.4 is 9.47 Å². The number of phenols is 1. The normalized spacial score (nSPS) is 11.0. The molecule has 0 bridgehead atoms. The third-order valence-electron chi connectivity index (χ3n) is 5.52. The molecule has 3 aromatic rings. The summed E-state index contributed by atoms with van der Waals surface area (Å²) in [6.07, 6.45) is 8.48. The van der Waals surface area contributed by atoms with E-state index in [1.54, 1.807) is 42.6 Å². The van der Waals surface area contributed by atoms with E-state index in [2.05, 4.69) is 18.8 Å². The number of aryl methyl sites for hydroxylation is 1. The number of hydrogen-bond acceptors (Lipinski definition) is 5. The van der Waals surface area contributed by atoms with E-state index >= 15 is 0 Å². The van der Waals surface area contributed by atoms with Crippen LogP contribution in [0, 0.1) is 0 Å². The molecule has 0 amide bonds. The second-order valence-electron chi connectivity index (χ2n) is 8.18. The summed E-state index contributed by atoms with van der Waals surface area (Å²) >= 11 is 0. The summed E-state index contributed by atoms with van der Waals surface area (Å²) < 4.78 is 11.2. The minimum absolute atomic E-state index is 0.0121. The summed E-state index contributed by atoms with van der Waals surface area (Å²) in [7, 11) is 0. The molecule has 178 valence electrons. The first-order chi connectivity index (χ1) is 16.6. The predicted octanol–water partition coefficient (Wildman–Crippen LogP) is 7.27. The number of aromatic hydroxyl groups is 1. The number of phenolic OH excluding ortho intramolecular Hbond substituents is 1. The van der Waals surface area contributed by atoms with Crippen molar-refractivity contribution in [3.63, 3.8) is 0 Å². The van der Waals surface area contributed by atoms with Crippen LogP contribution in [0.5, 0.6) is 17.2 Å². The maximum absolute atomic E-state index is 12.5. The fraction of sp³-hybridized carbons (Fsp3) is 0.310. The van der Waals surface area contributed by atoms with Gasteiger partial charge in [-0.15, -0.1) is 0 Å². The Bertz CT molecular complexity index is 1070. The van der Waals surface area contributed by atoms with Gasteiger partial charge in [-0.1, -0.05) is 51.7 Å². The lowest BCUT2D eigenvalue weighted by Crippen LogP contribution is -2.08. The van der Waals surface area contributed by atoms with Gasteiger partial charge in [0.05, 0.1) is 17.9 Å². The summed E-state index contributed by atoms with van der Waals surface area (Å²) in [5, 5.41) is 10.3. The lowest BCUT2D eigenvalue weighted by molar-refractivity contribution is 0.0734. The maximum Gasteiger partial charge on any atom is 0.343 e. The molecule has 3 aromatic carbocycles. The molecule has 0 saturated carbocycles. The Labute approximate surface area is 202 Å². The zero-order chi connectivity index (χ0) is 24.2. The molecule has 0 aromatic heterocycles. The second kappa shape index (κ2) is 13.2. The quantitative estimate of drug-likeness (QED) is 0.134. The molecule has 3 rings (SSSR count). The Hall–Kier alpha value is -3.60. The highest BCUT2D eigenvalue weighted by atomic mass is 16.5. The standard InChI is InChI=1S/C29H33NO4/c1-3-5-6-7-8-19-33-26-16-11-23(12-17-26)29(32)34-27-18-13-24(28(31)20-27)21-30-25-14-9-22(4-2)10-15-25/h9-18,20-21,31H,3-8,19H2,1-2H3. The number of hydrogen-bond donors (Lipinski definition) is 1. The van der Waals surface area contributed by atoms with E-state index in [0.717, 1.165) is 24.3 Å². The molecule has 0 radical (unpaired) electrons. The van der Waals surface area contributed by atoms with Gasteiger partial charge < -0.3 is 14.6 Å². The van der Waals surface area contributed by atoms with Gasteiger partial charge in [0.25, 0.3) is 0 Å². The van der Waals surface area contributed by atoms with Gasteiger partial charge in [0.1, 0.15) is 17.2 Å². The zero-order valence-electron chi connectivity index (χ0n) is 20.0. The maximum atomic E-state index is 12.5. The van der Waals surface area contributed by atoms with E-state index in [1.165, 1.54) is 37.3 Å². The van der Waals surface area contributed by atoms with Crippen LogP contribution >= 0.6 is 0 Å². The number of nitrogens with zero attached hydrogens (tertiary/aromatic N) is 1. The number of aliphatic imine (C=N–C) groups is 1. The van der Waals surface area contributed by atoms with Crippen molar-refractivity contribution in [2.24, 2.45) is 4.99 Å². The minimum Gasteiger partial charge on any atom is -0.507 e. The highest BCUT2D eigenvalue weighted by Crippen LogP contribution is 2.24. The Morgan fingerprint density at radius 3 is 2.26 bits per heavy atom. The van der Waals surface area contributed by atoms with E-state index in [9.17, 15) is 9.90 Å². The Morgan fingerprint density at radius 2 is 1.59 bits per heavy atom. The van der Waals surface area contributed by atoms with Gasteiger partial charge in [-0.05, 0) is 66.9 Å². The molecular weight excluding hydrogens is 426 g/mol. The van der Waals surface area contributed by atoms with Crippen molar-refractivity contribution in [2.45, 2.75) is 52.4 Å². The zero-order valence-corrected chi connectivity index (χ0v) is 20.0. The van der Waals surface area contributed by atoms with Crippen molar-refractivity contribution in [3.8, 4) is 17.2 Å². The Balaban J connectivity index is 1.52. The molecule has 0 aliphatic heterocycles. The van der Waals surface area contributed by atoms with Crippen molar-refractivity contribution in [1.29, 1.82) is 0 Å². The molecule has 0 aliphatic carbocycles. The second-order valence-corrected chi connectivity index (χ2v) is 8.18. The lowest BCUT2D eigenvalue weighted by Gasteiger charge is -2.08. The molecule has 0 fully saturated rings. The highest BCUT2D eigenvalue weighted by molar-refractivity contribution is 5.91. The SMILES string of the molecule is CCCCCCCOc1ccc(C(=O)Oc2ccc(C=Nc3ccc(CC)cc3)c(O)c2)cc1. The first-order valence-corrected chi connectivity index (χ1v) is 12.0. The van der Waals surface area contributed by atoms with Crippen LogP contribution in [-0.4, -0.2) is 23.9 Å². The first-order valence-electron chi connectivity index (χ1n) is 12.0. The predicted molar refractivity (Wildman–Crippen MR) is 137 cm³/mol. The molecule has 0 atom stereocenters. The Morgan fingerprint density at radius 1 is 0.882 bits per heavy atom. The van der Waals surface area contributed by atoms with Crippen LogP contribution in [0.3, 0.4) is 0 Å². The molecule has 34 heavy (non-hydrogen) atoms. The van der Waals surface area contributed by atoms with Crippen molar-refractivity contribution < 1.29 is 19.4 Å². The van der Waals surface area contributed by atoms with Crippen LogP contribution in [0.25, 0.3) is 0 Å². The van der Waals surface area contributed by atoms with Crippen LogP contribution in [0.4, 0.5) is 5.69 Å². The highest BCUT2D eigenvalue weighted by Gasteiger charge is 2.10. The average molecular weight is 460 g/mol. The number of rotatable bonds is 12. The van der Waals surface area contributed by atoms with Crippen molar-refractivity contribution in [2.75, 3.05) is 6.61 Å². The molecular formula is C29H33NO4. The van der Waals surface area contributed by atoms with Crippen LogP contribution in [0.2, 0.25) is 0 Å². The first kappa shape index (κ1) is 25.0. The third kappa shape index (κ3) is 7.77. The number of esters is 1. The fourth-order valence-electron chi connectivity index (χ4n) is 3.41. The van der Waals surface area contributed by atoms with Gasteiger partial charge in [-0.2, -0.15) is 0 Å². The van der Waals surface area contributed by atoms with Gasteiger partial charge in [-0.25, -0.2) is 4.79 Å². The number of ether oxygens (including phenoxy) is 2. The number of unbranched alkanes of at least 4 members (excludes halogenated alkanes) is 4. The van der Waals surface area contributed by atoms with Gasteiger partial charge >= 0.3 is 5.97 Å². The topological polar surface area (TPSA) is 68.1 Å². The summed E-state index contributed by atoms with van der Waals surface area (Å²) in [6, 6.07) is 19.5. The Kier molecular flexibility index (Phi) is 9.71. The van der Waals surface area contributed by atoms with E-state index in [-0.39, 0.29) is 11.5 Å². The summed E-state index contributed by atoms with van der Waals surface area (Å²) in [4.78, 5) is 16.9. The number of benzene rings is 3. The minimum atomic E-state index is -0.497. The molecule has 5 heteroatoms. The van der Waals surface area contributed by atoms with Crippen LogP contribution in [0.15, 0.2) is 71.7 Å². The van der Waals surface area contributed by atoms with Gasteiger partial charge in [-0.3, -0.25) is 4.99 Å². The molecule has 0 aliphatic rings. The largest absolute Gasteiger partial charge is 0.507 e. The smallest absolute Gasteiger partial charge is 0.343 e. The fourth-order valence-corrected chi connectivity index (χ4v) is 3.41. The van der Waals surface area contributed by atoms with E-state index in [0.29, 0.717) is 17.7 Å². The average Bonchev–Trinajstić information content (AvgIpc) is 2.86. The van der Waals surface area contributed by atoms with Gasteiger partial charge in [0.15, 0.2) is 0 Å². The molecule has 5 nitrogen and oxygen atoms in total. The van der Waals surface area contributed by atoms with Crippen molar-refractivity contribution >= 4 is 17.9 Å². The number of carbonyl (C=O) groups excluding carboxylic acids is 1. The third-order valence-corrected chi connectivity index (χ3v) is 5.52. The summed E-state index contributed by atoms with van der Waals surface area (Å²) in [6.45, 7) is 4.97. The van der Waals surface area contributed by atoms with E-state index in [1.807, 2.05) is 24.3 Å². The monoisotopic (exact) mass is 459 g/mol. The lowest BCUT2D eigenvalue weighted by atomic mass is 10.1. The van der Waals surface area contributed by atoms with Gasteiger partial charge in [0.2, 0.25) is 0 Å². The summed E-state index contributed by atoms with van der Waals surface area (Å²) in [5.74, 6) is 0.488. The van der Waals surface area contributed by atoms with Crippen molar-refractivity contribution in [1.82, 2.24) is 0 Å².